The van der Waals surface area contributed by atoms with Crippen molar-refractivity contribution in [3.05, 3.63) is 311 Å². The van der Waals surface area contributed by atoms with Crippen molar-refractivity contribution in [2.75, 3.05) is 9.80 Å². The number of benzene rings is 12. The molecule has 17 rings (SSSR count). The number of hydrogen-bond acceptors (Lipinski definition) is 5. The zero-order valence-corrected chi connectivity index (χ0v) is 69.6. The Morgan fingerprint density at radius 2 is 0.400 bits per heavy atom. The maximum absolute atomic E-state index is 7.09. The highest BCUT2D eigenvalue weighted by Crippen LogP contribution is 2.62. The fourth-order valence-electron chi connectivity index (χ4n) is 21.4. The summed E-state index contributed by atoms with van der Waals surface area (Å²) in [6, 6.07) is 103. The maximum atomic E-state index is 7.09. The molecular weight excluding hydrogens is 1390 g/mol. The molecule has 0 radical (unpaired) electrons. The third kappa shape index (κ3) is 13.7. The van der Waals surface area contributed by atoms with E-state index >= 15 is 0 Å². The minimum Gasteiger partial charge on any atom is -0.416 e. The molecule has 0 N–H and O–H groups in total. The predicted octanol–water partition coefficient (Wildman–Crippen LogP) is 32.3. The number of para-hydroxylation sites is 4. The summed E-state index contributed by atoms with van der Waals surface area (Å²) in [7, 11) is 0. The maximum Gasteiger partial charge on any atom is 0.248 e. The van der Waals surface area contributed by atoms with Crippen LogP contribution in [0.4, 0.5) is 34.1 Å². The summed E-state index contributed by atoms with van der Waals surface area (Å²) in [5, 5.41) is 10.0. The number of fused-ring (bicyclic) bond motifs is 12. The molecule has 4 aliphatic carbocycles. The van der Waals surface area contributed by atoms with Crippen molar-refractivity contribution in [1.29, 1.82) is 0 Å². The fraction of sp³-hybridized carbons (Fsp3) is 0.327. The SMILES string of the molecule is CCCCC1(CCCC)c2cc(-c3ccc4c(c3)C(CCCC)(CCCC)c3cc(N(c5ccccc5)c5ccccc5)ccc3-4)ccc2-c2ccc(-c3nnc(-c4ccc5c(c4)C(CCCC)(CCCC)c4cc(-c6ccc7c(c6)C(CCCC)(CCCC)c6cc(N(c8ccccc8)c8ccccc8)ccc6-7)ccc4-5)o3)cc21. The van der Waals surface area contributed by atoms with Crippen LogP contribution in [-0.2, 0) is 21.7 Å². The van der Waals surface area contributed by atoms with Gasteiger partial charge in [0.15, 0.2) is 0 Å². The van der Waals surface area contributed by atoms with E-state index in [9.17, 15) is 0 Å². The lowest BCUT2D eigenvalue weighted by molar-refractivity contribution is 0.414. The van der Waals surface area contributed by atoms with Gasteiger partial charge in [-0.15, -0.1) is 10.2 Å². The lowest BCUT2D eigenvalue weighted by Crippen LogP contribution is -2.26. The summed E-state index contributed by atoms with van der Waals surface area (Å²) in [4.78, 5) is 4.89. The van der Waals surface area contributed by atoms with Gasteiger partial charge in [0.25, 0.3) is 0 Å². The molecule has 0 unspecified atom stereocenters. The molecule has 5 nitrogen and oxygen atoms in total. The van der Waals surface area contributed by atoms with Crippen LogP contribution in [0.5, 0.6) is 0 Å². The van der Waals surface area contributed by atoms with Crippen LogP contribution in [0.3, 0.4) is 0 Å². The van der Waals surface area contributed by atoms with E-state index in [4.69, 9.17) is 14.6 Å². The summed E-state index contributed by atoms with van der Waals surface area (Å²) in [5.74, 6) is 1.15. The second-order valence-electron chi connectivity index (χ2n) is 34.1. The smallest absolute Gasteiger partial charge is 0.248 e. The molecular formula is C110H116N4O. The number of nitrogens with zero attached hydrogens (tertiary/aromatic N) is 4. The summed E-state index contributed by atoms with van der Waals surface area (Å²) in [5.41, 5.74) is 36.4. The van der Waals surface area contributed by atoms with E-state index in [-0.39, 0.29) is 21.7 Å². The van der Waals surface area contributed by atoms with Gasteiger partial charge in [0.2, 0.25) is 11.8 Å². The quantitative estimate of drug-likeness (QED) is 0.0402. The molecule has 115 heavy (non-hydrogen) atoms. The fourth-order valence-corrected chi connectivity index (χ4v) is 21.4. The van der Waals surface area contributed by atoms with Crippen LogP contribution in [0, 0.1) is 0 Å². The Hall–Kier alpha value is -10.6. The first-order valence-corrected chi connectivity index (χ1v) is 44.4. The molecule has 0 fully saturated rings. The Morgan fingerprint density at radius 1 is 0.209 bits per heavy atom. The number of aromatic nitrogens is 2. The molecule has 0 bridgehead atoms. The van der Waals surface area contributed by atoms with Crippen LogP contribution in [0.15, 0.2) is 271 Å². The zero-order chi connectivity index (χ0) is 78.7. The lowest BCUT2D eigenvalue weighted by Gasteiger charge is -2.34. The number of rotatable bonds is 34. The van der Waals surface area contributed by atoms with Crippen molar-refractivity contribution >= 4 is 34.1 Å². The first kappa shape index (κ1) is 77.0. The number of anilines is 6. The van der Waals surface area contributed by atoms with Gasteiger partial charge < -0.3 is 14.2 Å². The van der Waals surface area contributed by atoms with Gasteiger partial charge in [0.05, 0.1) is 0 Å². The Morgan fingerprint density at radius 3 is 0.617 bits per heavy atom. The first-order valence-electron chi connectivity index (χ1n) is 44.4. The first-order chi connectivity index (χ1) is 56.6. The summed E-state index contributed by atoms with van der Waals surface area (Å²) >= 11 is 0. The molecule has 13 aromatic rings. The monoisotopic (exact) mass is 1510 g/mol. The number of unbranched alkanes of at least 4 members (excludes halogenated alkanes) is 8. The van der Waals surface area contributed by atoms with E-state index in [2.05, 4.69) is 332 Å². The normalized spacial score (nSPS) is 14.3. The highest BCUT2D eigenvalue weighted by molar-refractivity contribution is 5.93. The van der Waals surface area contributed by atoms with Gasteiger partial charge in [-0.25, -0.2) is 0 Å². The molecule has 1 heterocycles. The third-order valence-corrected chi connectivity index (χ3v) is 27.2. The Kier molecular flexibility index (Phi) is 22.3. The Bertz CT molecular complexity index is 5140. The van der Waals surface area contributed by atoms with Gasteiger partial charge in [-0.05, 0) is 284 Å². The highest BCUT2D eigenvalue weighted by Gasteiger charge is 2.48. The minimum absolute atomic E-state index is 0.115. The summed E-state index contributed by atoms with van der Waals surface area (Å²) in [6.45, 7) is 18.9. The van der Waals surface area contributed by atoms with Crippen LogP contribution in [-0.4, -0.2) is 10.2 Å². The summed E-state index contributed by atoms with van der Waals surface area (Å²) < 4.78 is 7.09. The van der Waals surface area contributed by atoms with Gasteiger partial charge in [-0.2, -0.15) is 0 Å². The third-order valence-electron chi connectivity index (χ3n) is 27.2. The standard InChI is InChI=1S/C110H116N4O/c1-9-17-61-107(62-18-10-2)97-69-77(79-47-55-91-95-59-51-87(113(83-37-29-25-30-38-83)84-39-31-26-32-40-84)75-103(95)109(65-21-13-5,66-22-14-6)99(91)71-79)45-53-89(97)93-57-49-81(73-101(93)107)105-111-112-106(115-105)82-50-58-94-90-54-46-78(70-98(90)108(63-19-11-3,64-20-12-4)102(94)74-82)80-48-56-92-96-60-52-88(114(85-41-33-27-34-42-85)86-43-35-28-36-44-86)76-104(96)110(67-23-15-7,68-24-16-8)100(92)72-80/h25-60,69-76H,9-24,61-68H2,1-8H3. The number of hydrogen-bond donors (Lipinski definition) is 0. The molecule has 0 atom stereocenters. The Labute approximate surface area is 686 Å². The lowest BCUT2D eigenvalue weighted by atomic mass is 9.69. The van der Waals surface area contributed by atoms with Crippen LogP contribution >= 0.6 is 0 Å². The minimum atomic E-state index is -0.182. The Balaban J connectivity index is 0.703. The van der Waals surface area contributed by atoms with E-state index in [0.717, 1.165) is 140 Å². The van der Waals surface area contributed by atoms with Gasteiger partial charge in [0, 0.05) is 66.9 Å². The van der Waals surface area contributed by atoms with Gasteiger partial charge >= 0.3 is 0 Å². The molecule has 0 saturated heterocycles. The molecule has 4 aliphatic rings. The van der Waals surface area contributed by atoms with Crippen LogP contribution in [0.1, 0.15) is 254 Å². The van der Waals surface area contributed by atoms with E-state index < -0.39 is 0 Å². The van der Waals surface area contributed by atoms with Crippen molar-refractivity contribution in [3.63, 3.8) is 0 Å². The molecule has 0 spiro atoms. The van der Waals surface area contributed by atoms with Crippen LogP contribution in [0.2, 0.25) is 0 Å². The average Bonchev–Trinajstić information content (AvgIpc) is 1.57. The van der Waals surface area contributed by atoms with Crippen molar-refractivity contribution < 1.29 is 4.42 Å². The molecule has 1 aromatic heterocycles. The van der Waals surface area contributed by atoms with Crippen molar-refractivity contribution in [1.82, 2.24) is 10.2 Å². The summed E-state index contributed by atoms with van der Waals surface area (Å²) in [6.07, 6.45) is 27.2. The predicted molar refractivity (Wildman–Crippen MR) is 486 cm³/mol. The largest absolute Gasteiger partial charge is 0.416 e. The van der Waals surface area contributed by atoms with E-state index in [1.54, 1.807) is 0 Å². The van der Waals surface area contributed by atoms with Gasteiger partial charge in [-0.3, -0.25) is 0 Å². The highest BCUT2D eigenvalue weighted by atomic mass is 16.4. The van der Waals surface area contributed by atoms with Crippen LogP contribution in [0.25, 0.3) is 89.7 Å². The average molecular weight is 1510 g/mol. The molecule has 582 valence electrons. The van der Waals surface area contributed by atoms with E-state index in [1.807, 2.05) is 0 Å². The molecule has 0 aliphatic heterocycles. The van der Waals surface area contributed by atoms with Crippen molar-refractivity contribution in [3.8, 4) is 89.7 Å². The molecule has 5 heteroatoms. The second kappa shape index (κ2) is 33.3. The molecule has 0 saturated carbocycles. The topological polar surface area (TPSA) is 45.4 Å². The molecule has 12 aromatic carbocycles. The molecule has 0 amide bonds. The second-order valence-corrected chi connectivity index (χ2v) is 34.1. The van der Waals surface area contributed by atoms with Gasteiger partial charge in [-0.1, -0.05) is 304 Å². The van der Waals surface area contributed by atoms with E-state index in [1.165, 1.54) is 171 Å². The van der Waals surface area contributed by atoms with E-state index in [0.29, 0.717) is 11.8 Å². The van der Waals surface area contributed by atoms with Crippen molar-refractivity contribution in [2.24, 2.45) is 0 Å². The van der Waals surface area contributed by atoms with Crippen molar-refractivity contribution in [2.45, 2.75) is 231 Å². The van der Waals surface area contributed by atoms with Gasteiger partial charge in [0.1, 0.15) is 0 Å². The zero-order valence-electron chi connectivity index (χ0n) is 69.6. The van der Waals surface area contributed by atoms with Crippen LogP contribution < -0.4 is 9.80 Å².